The van der Waals surface area contributed by atoms with Gasteiger partial charge in [-0.05, 0) is 42.6 Å². The van der Waals surface area contributed by atoms with Crippen LogP contribution in [-0.4, -0.2) is 52.9 Å². The lowest BCUT2D eigenvalue weighted by Crippen LogP contribution is -2.48. The zero-order valence-electron chi connectivity index (χ0n) is 16.2. The van der Waals surface area contributed by atoms with Crippen LogP contribution in [0, 0.1) is 0 Å². The Morgan fingerprint density at radius 2 is 1.86 bits per heavy atom. The molecule has 0 unspecified atom stereocenters. The third-order valence-electron chi connectivity index (χ3n) is 5.07. The van der Waals surface area contributed by atoms with Crippen LogP contribution in [0.5, 0.6) is 0 Å². The summed E-state index contributed by atoms with van der Waals surface area (Å²) in [4.78, 5) is 32.4. The zero-order chi connectivity index (χ0) is 20.2. The van der Waals surface area contributed by atoms with Gasteiger partial charge in [0.05, 0.1) is 0 Å². The van der Waals surface area contributed by atoms with Crippen molar-refractivity contribution in [1.29, 1.82) is 0 Å². The number of rotatable bonds is 6. The van der Waals surface area contributed by atoms with Gasteiger partial charge >= 0.3 is 0 Å². The third-order valence-corrected chi connectivity index (χ3v) is 5.75. The van der Waals surface area contributed by atoms with Crippen molar-refractivity contribution in [2.75, 3.05) is 31.1 Å². The van der Waals surface area contributed by atoms with Crippen LogP contribution in [0.25, 0.3) is 11.4 Å². The van der Waals surface area contributed by atoms with Crippen LogP contribution in [0.1, 0.15) is 29.6 Å². The fraction of sp³-hybridized carbons (Fsp3) is 0.333. The minimum absolute atomic E-state index is 0.0654. The molecular formula is C21H22N4O3S. The number of aromatic nitrogens is 2. The largest absolute Gasteiger partial charge is 0.368 e. The summed E-state index contributed by atoms with van der Waals surface area (Å²) in [5.74, 6) is 1.23. The van der Waals surface area contributed by atoms with E-state index in [9.17, 15) is 9.59 Å². The highest BCUT2D eigenvalue weighted by atomic mass is 32.1. The first-order valence-corrected chi connectivity index (χ1v) is 10.5. The number of nitrogens with zero attached hydrogens (tertiary/aromatic N) is 4. The lowest BCUT2D eigenvalue weighted by Gasteiger charge is -2.36. The second kappa shape index (κ2) is 8.57. The standard InChI is InChI=1S/C21H22N4O3S/c1-15(26)16-2-4-18(5-3-16)24-9-11-25(12-10-24)20(27)7-6-19-22-21(23-28-19)17-8-13-29-14-17/h2-5,8,13-14H,6-7,9-12H2,1H3. The highest BCUT2D eigenvalue weighted by molar-refractivity contribution is 7.08. The van der Waals surface area contributed by atoms with Crippen LogP contribution in [0.3, 0.4) is 0 Å². The number of carbonyl (C=O) groups is 2. The van der Waals surface area contributed by atoms with E-state index in [1.165, 1.54) is 0 Å². The Kier molecular flexibility index (Phi) is 5.71. The summed E-state index contributed by atoms with van der Waals surface area (Å²) in [6.07, 6.45) is 0.807. The number of thiophene rings is 1. The predicted molar refractivity (Wildman–Crippen MR) is 111 cm³/mol. The van der Waals surface area contributed by atoms with Crippen LogP contribution >= 0.6 is 11.3 Å². The number of ketones is 1. The minimum Gasteiger partial charge on any atom is -0.368 e. The molecule has 3 heterocycles. The number of Topliss-reactive ketones (excluding diaryl/α,β-unsaturated/α-hetero) is 1. The Bertz CT molecular complexity index is 974. The molecule has 1 fully saturated rings. The normalized spacial score (nSPS) is 14.2. The first-order chi connectivity index (χ1) is 14.1. The molecule has 4 rings (SSSR count). The first-order valence-electron chi connectivity index (χ1n) is 9.59. The van der Waals surface area contributed by atoms with E-state index in [1.807, 2.05) is 46.0 Å². The Morgan fingerprint density at radius 1 is 1.10 bits per heavy atom. The van der Waals surface area contributed by atoms with E-state index >= 15 is 0 Å². The Morgan fingerprint density at radius 3 is 2.52 bits per heavy atom. The van der Waals surface area contributed by atoms with Crippen LogP contribution in [0.2, 0.25) is 0 Å². The average molecular weight is 410 g/mol. The van der Waals surface area contributed by atoms with Crippen LogP contribution in [-0.2, 0) is 11.2 Å². The number of carbonyl (C=O) groups excluding carboxylic acids is 2. The Balaban J connectivity index is 1.26. The second-order valence-corrected chi connectivity index (χ2v) is 7.77. The van der Waals surface area contributed by atoms with Crippen molar-refractivity contribution in [3.05, 3.63) is 52.5 Å². The molecule has 1 saturated heterocycles. The third kappa shape index (κ3) is 4.54. The van der Waals surface area contributed by atoms with Gasteiger partial charge in [-0.3, -0.25) is 9.59 Å². The summed E-state index contributed by atoms with van der Waals surface area (Å²) in [6, 6.07) is 9.58. The van der Waals surface area contributed by atoms with Gasteiger partial charge in [0.15, 0.2) is 5.78 Å². The van der Waals surface area contributed by atoms with E-state index in [4.69, 9.17) is 4.52 Å². The quantitative estimate of drug-likeness (QED) is 0.580. The molecule has 1 amide bonds. The molecular weight excluding hydrogens is 388 g/mol. The van der Waals surface area contributed by atoms with Crippen molar-refractivity contribution in [3.63, 3.8) is 0 Å². The van der Waals surface area contributed by atoms with E-state index in [0.717, 1.165) is 24.3 Å². The lowest BCUT2D eigenvalue weighted by atomic mass is 10.1. The number of anilines is 1. The maximum absolute atomic E-state index is 12.6. The van der Waals surface area contributed by atoms with Gasteiger partial charge < -0.3 is 14.3 Å². The summed E-state index contributed by atoms with van der Waals surface area (Å²) >= 11 is 1.58. The van der Waals surface area contributed by atoms with Crippen molar-refractivity contribution >= 4 is 28.7 Å². The maximum atomic E-state index is 12.6. The van der Waals surface area contributed by atoms with E-state index in [2.05, 4.69) is 15.0 Å². The second-order valence-electron chi connectivity index (χ2n) is 6.99. The van der Waals surface area contributed by atoms with Gasteiger partial charge in [-0.2, -0.15) is 16.3 Å². The number of piperazine rings is 1. The van der Waals surface area contributed by atoms with Crippen molar-refractivity contribution < 1.29 is 14.1 Å². The minimum atomic E-state index is 0.0654. The molecule has 1 aromatic carbocycles. The van der Waals surface area contributed by atoms with Crippen LogP contribution < -0.4 is 4.90 Å². The molecule has 0 spiro atoms. The van der Waals surface area contributed by atoms with Gasteiger partial charge in [-0.25, -0.2) is 0 Å². The molecule has 3 aromatic rings. The molecule has 29 heavy (non-hydrogen) atoms. The molecule has 0 atom stereocenters. The highest BCUT2D eigenvalue weighted by Crippen LogP contribution is 2.20. The van der Waals surface area contributed by atoms with Crippen molar-refractivity contribution in [3.8, 4) is 11.4 Å². The van der Waals surface area contributed by atoms with Gasteiger partial charge in [-0.1, -0.05) is 5.16 Å². The summed E-state index contributed by atoms with van der Waals surface area (Å²) in [7, 11) is 0. The van der Waals surface area contributed by atoms with Gasteiger partial charge in [-0.15, -0.1) is 0 Å². The lowest BCUT2D eigenvalue weighted by molar-refractivity contribution is -0.131. The average Bonchev–Trinajstić information content (AvgIpc) is 3.44. The summed E-state index contributed by atoms with van der Waals surface area (Å²) < 4.78 is 5.27. The van der Waals surface area contributed by atoms with Gasteiger partial charge in [0, 0.05) is 61.2 Å². The molecule has 7 nitrogen and oxygen atoms in total. The summed E-state index contributed by atoms with van der Waals surface area (Å²) in [5.41, 5.74) is 2.73. The molecule has 2 aromatic heterocycles. The predicted octanol–water partition coefficient (Wildman–Crippen LogP) is 3.28. The number of amides is 1. The molecule has 0 aliphatic carbocycles. The molecule has 0 N–H and O–H groups in total. The van der Waals surface area contributed by atoms with Gasteiger partial charge in [0.2, 0.25) is 17.6 Å². The SMILES string of the molecule is CC(=O)c1ccc(N2CCN(C(=O)CCc3nc(-c4ccsc4)no3)CC2)cc1. The fourth-order valence-corrected chi connectivity index (χ4v) is 3.99. The number of benzene rings is 1. The number of hydrogen-bond donors (Lipinski definition) is 0. The van der Waals surface area contributed by atoms with Crippen LogP contribution in [0.4, 0.5) is 5.69 Å². The van der Waals surface area contributed by atoms with E-state index in [-0.39, 0.29) is 11.7 Å². The highest BCUT2D eigenvalue weighted by Gasteiger charge is 2.22. The van der Waals surface area contributed by atoms with E-state index in [0.29, 0.717) is 43.2 Å². The first kappa shape index (κ1) is 19.3. The van der Waals surface area contributed by atoms with Gasteiger partial charge in [0.25, 0.3) is 0 Å². The topological polar surface area (TPSA) is 79.5 Å². The van der Waals surface area contributed by atoms with Gasteiger partial charge in [0.1, 0.15) is 0 Å². The van der Waals surface area contributed by atoms with Crippen molar-refractivity contribution in [2.45, 2.75) is 19.8 Å². The number of aryl methyl sites for hydroxylation is 1. The molecule has 8 heteroatoms. The summed E-state index contributed by atoms with van der Waals surface area (Å²) in [6.45, 7) is 4.47. The molecule has 150 valence electrons. The Hall–Kier alpha value is -3.00. The fourth-order valence-electron chi connectivity index (χ4n) is 3.36. The molecule has 0 bridgehead atoms. The van der Waals surface area contributed by atoms with E-state index in [1.54, 1.807) is 18.3 Å². The monoisotopic (exact) mass is 410 g/mol. The summed E-state index contributed by atoms with van der Waals surface area (Å²) in [5, 5.41) is 7.91. The number of hydrogen-bond acceptors (Lipinski definition) is 7. The van der Waals surface area contributed by atoms with Crippen molar-refractivity contribution in [1.82, 2.24) is 15.0 Å². The molecule has 0 radical (unpaired) electrons. The molecule has 0 saturated carbocycles. The smallest absolute Gasteiger partial charge is 0.227 e. The van der Waals surface area contributed by atoms with Crippen molar-refractivity contribution in [2.24, 2.45) is 0 Å². The zero-order valence-corrected chi connectivity index (χ0v) is 17.0. The van der Waals surface area contributed by atoms with Crippen LogP contribution in [0.15, 0.2) is 45.6 Å². The molecule has 1 aliphatic rings. The maximum Gasteiger partial charge on any atom is 0.227 e. The van der Waals surface area contributed by atoms with E-state index < -0.39 is 0 Å². The Labute approximate surface area is 172 Å². The molecule has 1 aliphatic heterocycles.